The zero-order valence-corrected chi connectivity index (χ0v) is 11.5. The van der Waals surface area contributed by atoms with Crippen molar-refractivity contribution < 1.29 is 8.42 Å². The Morgan fingerprint density at radius 2 is 2.15 bits per heavy atom. The number of primary sulfonamides is 1. The van der Waals surface area contributed by atoms with E-state index in [2.05, 4.69) is 15.6 Å². The van der Waals surface area contributed by atoms with Crippen LogP contribution in [0, 0.1) is 0 Å². The number of benzene rings is 1. The van der Waals surface area contributed by atoms with Crippen LogP contribution in [0.5, 0.6) is 0 Å². The summed E-state index contributed by atoms with van der Waals surface area (Å²) in [5.41, 5.74) is 6.37. The predicted molar refractivity (Wildman–Crippen MR) is 75.4 cm³/mol. The Hall–Kier alpha value is -2.13. The Morgan fingerprint density at radius 3 is 2.80 bits per heavy atom. The van der Waals surface area contributed by atoms with Gasteiger partial charge in [0.25, 0.3) is 0 Å². The number of anilines is 2. The molecule has 20 heavy (non-hydrogen) atoms. The van der Waals surface area contributed by atoms with Crippen LogP contribution in [0.1, 0.15) is 6.42 Å². The molecule has 0 atom stereocenters. The Labute approximate surface area is 116 Å². The minimum absolute atomic E-state index is 0.00161. The van der Waals surface area contributed by atoms with Crippen LogP contribution >= 0.6 is 0 Å². The van der Waals surface area contributed by atoms with Crippen molar-refractivity contribution in [2.45, 2.75) is 17.9 Å². The van der Waals surface area contributed by atoms with Crippen molar-refractivity contribution in [1.29, 1.82) is 0 Å². The highest BCUT2D eigenvalue weighted by Gasteiger charge is 2.13. The molecule has 1 aromatic heterocycles. The van der Waals surface area contributed by atoms with Gasteiger partial charge in [-0.25, -0.2) is 13.6 Å². The lowest BCUT2D eigenvalue weighted by atomic mass is 10.2. The molecule has 1 heterocycles. The summed E-state index contributed by atoms with van der Waals surface area (Å²) < 4.78 is 24.7. The van der Waals surface area contributed by atoms with Gasteiger partial charge in [0.05, 0.1) is 11.9 Å². The van der Waals surface area contributed by atoms with Crippen LogP contribution in [0.3, 0.4) is 0 Å². The van der Waals surface area contributed by atoms with E-state index in [1.54, 1.807) is 29.2 Å². The molecule has 0 saturated carbocycles. The molecule has 0 fully saturated rings. The molecule has 8 nitrogen and oxygen atoms in total. The predicted octanol–water partition coefficient (Wildman–Crippen LogP) is 0.00990. The van der Waals surface area contributed by atoms with E-state index in [0.717, 1.165) is 6.42 Å². The van der Waals surface area contributed by atoms with Gasteiger partial charge in [0.2, 0.25) is 10.0 Å². The van der Waals surface area contributed by atoms with Crippen molar-refractivity contribution in [2.75, 3.05) is 17.6 Å². The van der Waals surface area contributed by atoms with Crippen LogP contribution in [0.25, 0.3) is 0 Å². The van der Waals surface area contributed by atoms with Crippen molar-refractivity contribution in [2.24, 2.45) is 5.14 Å². The maximum absolute atomic E-state index is 11.5. The average molecular weight is 296 g/mol. The second kappa shape index (κ2) is 5.88. The van der Waals surface area contributed by atoms with Gasteiger partial charge in [0, 0.05) is 25.0 Å². The second-order valence-electron chi connectivity index (χ2n) is 4.25. The number of hydrogen-bond acceptors (Lipinski definition) is 6. The standard InChI is InChI=1S/C11H16N6O2S/c12-9-2-3-10(11(8-9)20(13,18)19)14-4-1-6-17-7-5-15-16-17/h2-3,5,7-8,14H,1,4,6,12H2,(H2,13,18,19). The van der Waals surface area contributed by atoms with Gasteiger partial charge in [-0.05, 0) is 24.6 Å². The summed E-state index contributed by atoms with van der Waals surface area (Å²) in [6, 6.07) is 4.56. The third kappa shape index (κ3) is 3.68. The van der Waals surface area contributed by atoms with E-state index in [-0.39, 0.29) is 4.90 Å². The fourth-order valence-corrected chi connectivity index (χ4v) is 2.48. The molecule has 9 heteroatoms. The van der Waals surface area contributed by atoms with Crippen LogP contribution in [-0.2, 0) is 16.6 Å². The van der Waals surface area contributed by atoms with Crippen LogP contribution < -0.4 is 16.2 Å². The van der Waals surface area contributed by atoms with Crippen LogP contribution in [0.4, 0.5) is 11.4 Å². The molecule has 0 aliphatic carbocycles. The highest BCUT2D eigenvalue weighted by Crippen LogP contribution is 2.22. The summed E-state index contributed by atoms with van der Waals surface area (Å²) in [5, 5.41) is 15.7. The number of nitrogens with two attached hydrogens (primary N) is 2. The Bertz CT molecular complexity index is 668. The minimum Gasteiger partial charge on any atom is -0.399 e. The lowest BCUT2D eigenvalue weighted by Crippen LogP contribution is -2.16. The molecule has 5 N–H and O–H groups in total. The van der Waals surface area contributed by atoms with Crippen LogP contribution in [0.15, 0.2) is 35.5 Å². The molecule has 2 aromatic rings. The number of nitrogens with zero attached hydrogens (tertiary/aromatic N) is 3. The van der Waals surface area contributed by atoms with Crippen LogP contribution in [0.2, 0.25) is 0 Å². The van der Waals surface area contributed by atoms with Crippen LogP contribution in [-0.4, -0.2) is 30.0 Å². The smallest absolute Gasteiger partial charge is 0.240 e. The first-order chi connectivity index (χ1) is 9.47. The Morgan fingerprint density at radius 1 is 1.35 bits per heavy atom. The molecule has 0 aliphatic rings. The summed E-state index contributed by atoms with van der Waals surface area (Å²) >= 11 is 0. The highest BCUT2D eigenvalue weighted by atomic mass is 32.2. The second-order valence-corrected chi connectivity index (χ2v) is 5.78. The lowest BCUT2D eigenvalue weighted by molar-refractivity contribution is 0.569. The molecular weight excluding hydrogens is 280 g/mol. The van der Waals surface area contributed by atoms with Gasteiger partial charge in [0.1, 0.15) is 4.90 Å². The highest BCUT2D eigenvalue weighted by molar-refractivity contribution is 7.89. The fraction of sp³-hybridized carbons (Fsp3) is 0.273. The van der Waals surface area contributed by atoms with E-state index in [4.69, 9.17) is 10.9 Å². The van der Waals surface area contributed by atoms with Crippen molar-refractivity contribution >= 4 is 21.4 Å². The quantitative estimate of drug-likeness (QED) is 0.508. The van der Waals surface area contributed by atoms with Crippen molar-refractivity contribution in [3.05, 3.63) is 30.6 Å². The summed E-state index contributed by atoms with van der Waals surface area (Å²) in [7, 11) is -3.81. The number of sulfonamides is 1. The van der Waals surface area contributed by atoms with E-state index in [0.29, 0.717) is 24.5 Å². The maximum atomic E-state index is 11.5. The van der Waals surface area contributed by atoms with E-state index in [1.807, 2.05) is 0 Å². The molecular formula is C11H16N6O2S. The van der Waals surface area contributed by atoms with Gasteiger partial charge >= 0.3 is 0 Å². The van der Waals surface area contributed by atoms with E-state index < -0.39 is 10.0 Å². The molecule has 1 aromatic carbocycles. The third-order valence-electron chi connectivity index (χ3n) is 2.66. The lowest BCUT2D eigenvalue weighted by Gasteiger charge is -2.11. The van der Waals surface area contributed by atoms with E-state index in [9.17, 15) is 8.42 Å². The summed E-state index contributed by atoms with van der Waals surface area (Å²) in [6.07, 6.45) is 4.13. The van der Waals surface area contributed by atoms with Crippen molar-refractivity contribution in [3.63, 3.8) is 0 Å². The zero-order chi connectivity index (χ0) is 14.6. The first-order valence-electron chi connectivity index (χ1n) is 5.97. The third-order valence-corrected chi connectivity index (χ3v) is 3.61. The molecule has 0 unspecified atom stereocenters. The first kappa shape index (κ1) is 14.3. The molecule has 0 aliphatic heterocycles. The van der Waals surface area contributed by atoms with Gasteiger partial charge in [-0.2, -0.15) is 0 Å². The van der Waals surface area contributed by atoms with E-state index in [1.165, 1.54) is 6.07 Å². The number of hydrogen-bond donors (Lipinski definition) is 3. The zero-order valence-electron chi connectivity index (χ0n) is 10.7. The molecule has 0 saturated heterocycles. The summed E-state index contributed by atoms with van der Waals surface area (Å²) in [4.78, 5) is -0.00161. The topological polar surface area (TPSA) is 129 Å². The number of nitrogen functional groups attached to an aromatic ring is 1. The van der Waals surface area contributed by atoms with E-state index >= 15 is 0 Å². The number of rotatable bonds is 6. The van der Waals surface area contributed by atoms with Gasteiger partial charge in [-0.15, -0.1) is 5.10 Å². The Kier molecular flexibility index (Phi) is 4.20. The van der Waals surface area contributed by atoms with Gasteiger partial charge in [-0.1, -0.05) is 5.21 Å². The molecule has 0 spiro atoms. The molecule has 0 amide bonds. The Balaban J connectivity index is 1.99. The van der Waals surface area contributed by atoms with Gasteiger partial charge in [-0.3, -0.25) is 4.68 Å². The number of aryl methyl sites for hydroxylation is 1. The maximum Gasteiger partial charge on any atom is 0.240 e. The van der Waals surface area contributed by atoms with Gasteiger partial charge in [0.15, 0.2) is 0 Å². The minimum atomic E-state index is -3.81. The first-order valence-corrected chi connectivity index (χ1v) is 7.52. The fourth-order valence-electron chi connectivity index (χ4n) is 1.74. The van der Waals surface area contributed by atoms with Gasteiger partial charge < -0.3 is 11.1 Å². The normalized spacial score (nSPS) is 11.4. The molecule has 108 valence electrons. The van der Waals surface area contributed by atoms with Crippen molar-refractivity contribution in [1.82, 2.24) is 15.0 Å². The number of nitrogens with one attached hydrogen (secondary N) is 1. The molecule has 2 rings (SSSR count). The summed E-state index contributed by atoms with van der Waals surface area (Å²) in [5.74, 6) is 0. The van der Waals surface area contributed by atoms with Crippen molar-refractivity contribution in [3.8, 4) is 0 Å². The molecule has 0 radical (unpaired) electrons. The monoisotopic (exact) mass is 296 g/mol. The number of aromatic nitrogens is 3. The largest absolute Gasteiger partial charge is 0.399 e. The SMILES string of the molecule is Nc1ccc(NCCCn2ccnn2)c(S(N)(=O)=O)c1. The average Bonchev–Trinajstić information content (AvgIpc) is 2.88. The summed E-state index contributed by atoms with van der Waals surface area (Å²) in [6.45, 7) is 1.26. The molecule has 0 bridgehead atoms.